The molecule has 3 heterocycles. The molecule has 4 aromatic rings. The number of hydrogen-bond acceptors (Lipinski definition) is 5. The van der Waals surface area contributed by atoms with Crippen molar-refractivity contribution in [2.45, 2.75) is 6.54 Å². The van der Waals surface area contributed by atoms with Crippen LogP contribution in [0, 0.1) is 5.82 Å². The van der Waals surface area contributed by atoms with Gasteiger partial charge in [0.15, 0.2) is 5.13 Å². The SMILES string of the molecule is O=C(Nc1nccs1)c1cc2cccnc2n(Cc2ccc(F)cc2)c1=O. The molecule has 134 valence electrons. The van der Waals surface area contributed by atoms with Crippen molar-refractivity contribution < 1.29 is 9.18 Å². The number of amides is 1. The van der Waals surface area contributed by atoms with Crippen LogP contribution in [0.5, 0.6) is 0 Å². The lowest BCUT2D eigenvalue weighted by Gasteiger charge is -2.12. The first kappa shape index (κ1) is 17.0. The van der Waals surface area contributed by atoms with Crippen LogP contribution in [0.2, 0.25) is 0 Å². The van der Waals surface area contributed by atoms with Gasteiger partial charge in [0.25, 0.3) is 11.5 Å². The molecule has 0 unspecified atom stereocenters. The predicted molar refractivity (Wildman–Crippen MR) is 102 cm³/mol. The molecule has 1 N–H and O–H groups in total. The van der Waals surface area contributed by atoms with E-state index in [9.17, 15) is 14.0 Å². The van der Waals surface area contributed by atoms with Crippen molar-refractivity contribution in [3.05, 3.63) is 87.5 Å². The summed E-state index contributed by atoms with van der Waals surface area (Å²) in [5.74, 6) is -0.890. The molecule has 0 saturated heterocycles. The van der Waals surface area contributed by atoms with Crippen molar-refractivity contribution in [1.82, 2.24) is 14.5 Å². The van der Waals surface area contributed by atoms with Crippen molar-refractivity contribution in [2.24, 2.45) is 0 Å². The minimum Gasteiger partial charge on any atom is -0.298 e. The molecule has 0 bridgehead atoms. The van der Waals surface area contributed by atoms with Gasteiger partial charge in [0.05, 0.1) is 6.54 Å². The summed E-state index contributed by atoms with van der Waals surface area (Å²) < 4.78 is 14.6. The number of aromatic nitrogens is 3. The van der Waals surface area contributed by atoms with Crippen molar-refractivity contribution in [3.63, 3.8) is 0 Å². The second kappa shape index (κ2) is 7.08. The number of carbonyl (C=O) groups excluding carboxylic acids is 1. The number of thiazole rings is 1. The third-order valence-corrected chi connectivity index (χ3v) is 4.69. The smallest absolute Gasteiger partial charge is 0.265 e. The highest BCUT2D eigenvalue weighted by atomic mass is 32.1. The molecule has 1 amide bonds. The Morgan fingerprint density at radius 2 is 1.96 bits per heavy atom. The Morgan fingerprint density at radius 3 is 2.70 bits per heavy atom. The van der Waals surface area contributed by atoms with Gasteiger partial charge in [0.1, 0.15) is 17.0 Å². The van der Waals surface area contributed by atoms with Crippen LogP contribution in [0.15, 0.2) is 65.0 Å². The van der Waals surface area contributed by atoms with Gasteiger partial charge < -0.3 is 0 Å². The van der Waals surface area contributed by atoms with Gasteiger partial charge in [0, 0.05) is 23.2 Å². The number of nitrogens with one attached hydrogen (secondary N) is 1. The molecule has 0 spiro atoms. The van der Waals surface area contributed by atoms with Crippen molar-refractivity contribution in [3.8, 4) is 0 Å². The first-order chi connectivity index (χ1) is 13.1. The number of anilines is 1. The van der Waals surface area contributed by atoms with Gasteiger partial charge in [-0.1, -0.05) is 12.1 Å². The average Bonchev–Trinajstić information content (AvgIpc) is 3.18. The van der Waals surface area contributed by atoms with Crippen molar-refractivity contribution in [1.29, 1.82) is 0 Å². The highest BCUT2D eigenvalue weighted by Gasteiger charge is 2.17. The Hall–Kier alpha value is -3.39. The van der Waals surface area contributed by atoms with E-state index in [4.69, 9.17) is 0 Å². The molecule has 27 heavy (non-hydrogen) atoms. The van der Waals surface area contributed by atoms with E-state index in [0.29, 0.717) is 16.2 Å². The average molecular weight is 380 g/mol. The van der Waals surface area contributed by atoms with Crippen molar-refractivity contribution in [2.75, 3.05) is 5.32 Å². The summed E-state index contributed by atoms with van der Waals surface area (Å²) in [4.78, 5) is 33.9. The van der Waals surface area contributed by atoms with Crippen molar-refractivity contribution >= 4 is 33.4 Å². The van der Waals surface area contributed by atoms with Gasteiger partial charge in [-0.15, -0.1) is 11.3 Å². The van der Waals surface area contributed by atoms with E-state index < -0.39 is 11.5 Å². The summed E-state index contributed by atoms with van der Waals surface area (Å²) in [7, 11) is 0. The van der Waals surface area contributed by atoms with Crippen LogP contribution < -0.4 is 10.9 Å². The van der Waals surface area contributed by atoms with Gasteiger partial charge in [-0.2, -0.15) is 0 Å². The van der Waals surface area contributed by atoms with Gasteiger partial charge in [0.2, 0.25) is 0 Å². The fraction of sp³-hybridized carbons (Fsp3) is 0.0526. The third kappa shape index (κ3) is 3.47. The van der Waals surface area contributed by atoms with Gasteiger partial charge in [-0.25, -0.2) is 14.4 Å². The van der Waals surface area contributed by atoms with Gasteiger partial charge in [-0.3, -0.25) is 19.5 Å². The van der Waals surface area contributed by atoms with Crippen LogP contribution in [0.1, 0.15) is 15.9 Å². The van der Waals surface area contributed by atoms with E-state index in [1.807, 2.05) is 0 Å². The lowest BCUT2D eigenvalue weighted by molar-refractivity contribution is 0.102. The van der Waals surface area contributed by atoms with Crippen LogP contribution in [-0.2, 0) is 6.54 Å². The molecule has 0 aliphatic heterocycles. The van der Waals surface area contributed by atoms with Crippen LogP contribution in [0.25, 0.3) is 11.0 Å². The number of benzene rings is 1. The summed E-state index contributed by atoms with van der Waals surface area (Å²) in [6.07, 6.45) is 3.15. The Labute approximate surface area is 157 Å². The second-order valence-corrected chi connectivity index (χ2v) is 6.68. The largest absolute Gasteiger partial charge is 0.298 e. The minimum atomic E-state index is -0.534. The van der Waals surface area contributed by atoms with Crippen LogP contribution in [0.3, 0.4) is 0 Å². The summed E-state index contributed by atoms with van der Waals surface area (Å²) in [6, 6.07) is 10.9. The van der Waals surface area contributed by atoms with Crippen LogP contribution in [0.4, 0.5) is 9.52 Å². The van der Waals surface area contributed by atoms with Crippen LogP contribution in [-0.4, -0.2) is 20.4 Å². The highest BCUT2D eigenvalue weighted by Crippen LogP contribution is 2.16. The molecule has 3 aromatic heterocycles. The second-order valence-electron chi connectivity index (χ2n) is 5.78. The van der Waals surface area contributed by atoms with E-state index in [1.54, 1.807) is 42.0 Å². The topological polar surface area (TPSA) is 76.9 Å². The summed E-state index contributed by atoms with van der Waals surface area (Å²) >= 11 is 1.26. The first-order valence-electron chi connectivity index (χ1n) is 8.06. The zero-order valence-corrected chi connectivity index (χ0v) is 14.7. The monoisotopic (exact) mass is 380 g/mol. The number of halogens is 1. The Morgan fingerprint density at radius 1 is 1.15 bits per heavy atom. The lowest BCUT2D eigenvalue weighted by Crippen LogP contribution is -2.30. The quantitative estimate of drug-likeness (QED) is 0.589. The fourth-order valence-electron chi connectivity index (χ4n) is 2.74. The molecule has 6 nitrogen and oxygen atoms in total. The van der Waals surface area contributed by atoms with Gasteiger partial charge >= 0.3 is 0 Å². The maximum Gasteiger partial charge on any atom is 0.265 e. The fourth-order valence-corrected chi connectivity index (χ4v) is 3.26. The highest BCUT2D eigenvalue weighted by molar-refractivity contribution is 7.13. The molecule has 0 atom stereocenters. The number of rotatable bonds is 4. The van der Waals surface area contributed by atoms with E-state index in [0.717, 1.165) is 5.56 Å². The number of pyridine rings is 2. The van der Waals surface area contributed by atoms with E-state index in [-0.39, 0.29) is 17.9 Å². The zero-order chi connectivity index (χ0) is 18.8. The van der Waals surface area contributed by atoms with E-state index >= 15 is 0 Å². The molecule has 0 fully saturated rings. The number of carbonyl (C=O) groups is 1. The summed E-state index contributed by atoms with van der Waals surface area (Å²) in [5, 5.41) is 5.43. The number of fused-ring (bicyclic) bond motifs is 1. The molecule has 0 aliphatic rings. The molecule has 4 rings (SSSR count). The normalized spacial score (nSPS) is 10.9. The molecule has 0 aliphatic carbocycles. The molecular formula is C19H13FN4O2S. The number of hydrogen-bond donors (Lipinski definition) is 1. The third-order valence-electron chi connectivity index (χ3n) is 4.00. The first-order valence-corrected chi connectivity index (χ1v) is 8.93. The summed E-state index contributed by atoms with van der Waals surface area (Å²) in [5.41, 5.74) is 0.702. The zero-order valence-electron chi connectivity index (χ0n) is 13.9. The van der Waals surface area contributed by atoms with E-state index in [1.165, 1.54) is 34.1 Å². The van der Waals surface area contributed by atoms with E-state index in [2.05, 4.69) is 15.3 Å². The Bertz CT molecular complexity index is 1170. The molecular weight excluding hydrogens is 367 g/mol. The van der Waals surface area contributed by atoms with Crippen LogP contribution >= 0.6 is 11.3 Å². The molecule has 8 heteroatoms. The Kier molecular flexibility index (Phi) is 4.47. The maximum absolute atomic E-state index is 13.2. The molecule has 0 radical (unpaired) electrons. The maximum atomic E-state index is 13.2. The van der Waals surface area contributed by atoms with Gasteiger partial charge in [-0.05, 0) is 35.9 Å². The lowest BCUT2D eigenvalue weighted by atomic mass is 10.1. The Balaban J connectivity index is 1.81. The predicted octanol–water partition coefficient (Wildman–Crippen LogP) is 3.29. The summed E-state index contributed by atoms with van der Waals surface area (Å²) in [6.45, 7) is 0.172. The standard InChI is InChI=1S/C19H13FN4O2S/c20-14-5-3-12(4-6-14)11-24-16-13(2-1-7-21-16)10-15(18(24)26)17(25)23-19-22-8-9-27-19/h1-10H,11H2,(H,22,23,25). The molecule has 1 aromatic carbocycles. The molecule has 0 saturated carbocycles. The number of nitrogens with zero attached hydrogens (tertiary/aromatic N) is 3. The minimum absolute atomic E-state index is 0.00666.